The molecule has 0 radical (unpaired) electrons. The zero-order valence-electron chi connectivity index (χ0n) is 7.35. The molecule has 82 valence electrons. The van der Waals surface area contributed by atoms with E-state index in [1.54, 1.807) is 12.1 Å². The molecule has 7 heteroatoms. The molecule has 0 aliphatic carbocycles. The van der Waals surface area contributed by atoms with Crippen molar-refractivity contribution in [1.82, 2.24) is 0 Å². The van der Waals surface area contributed by atoms with Gasteiger partial charge in [0.1, 0.15) is 6.67 Å². The molecule has 4 nitrogen and oxygen atoms in total. The Bertz CT molecular complexity index is 469. The predicted octanol–water partition coefficient (Wildman–Crippen LogP) is 0.708. The summed E-state index contributed by atoms with van der Waals surface area (Å²) in [5.41, 5.74) is 0. The molecule has 0 bridgehead atoms. The third kappa shape index (κ3) is 3.42. The fourth-order valence-electron chi connectivity index (χ4n) is 0.818. The molecule has 0 aliphatic rings. The van der Waals surface area contributed by atoms with Crippen LogP contribution in [0.1, 0.15) is 0 Å². The van der Waals surface area contributed by atoms with Crippen molar-refractivity contribution in [3.63, 3.8) is 0 Å². The Morgan fingerprint density at radius 1 is 1.40 bits per heavy atom. The Kier molecular flexibility index (Phi) is 4.03. The number of alkyl halides is 1. The quantitative estimate of drug-likeness (QED) is 0.462. The second kappa shape index (κ2) is 4.88. The summed E-state index contributed by atoms with van der Waals surface area (Å²) >= 11 is 2.01. The molecule has 0 aliphatic heterocycles. The van der Waals surface area contributed by atoms with Crippen molar-refractivity contribution >= 4 is 38.5 Å². The van der Waals surface area contributed by atoms with E-state index in [0.717, 1.165) is 3.57 Å². The lowest BCUT2D eigenvalue weighted by Crippen LogP contribution is -2.21. The van der Waals surface area contributed by atoms with Crippen LogP contribution in [-0.2, 0) is 10.0 Å². The lowest BCUT2D eigenvalue weighted by Gasteiger charge is -2.05. The van der Waals surface area contributed by atoms with Crippen LogP contribution in [-0.4, -0.2) is 21.0 Å². The minimum absolute atomic E-state index is 0.121. The van der Waals surface area contributed by atoms with E-state index in [2.05, 4.69) is 4.40 Å². The predicted molar refractivity (Wildman–Crippen MR) is 59.8 cm³/mol. The second-order valence-electron chi connectivity index (χ2n) is 2.55. The highest BCUT2D eigenvalue weighted by molar-refractivity contribution is 14.1. The molecule has 0 saturated carbocycles. The summed E-state index contributed by atoms with van der Waals surface area (Å²) in [7, 11) is -4.06. The highest BCUT2D eigenvalue weighted by atomic mass is 127. The van der Waals surface area contributed by atoms with E-state index in [-0.39, 0.29) is 4.90 Å². The van der Waals surface area contributed by atoms with Gasteiger partial charge in [0.05, 0.1) is 4.90 Å². The molecular weight excluding hydrogens is 336 g/mol. The van der Waals surface area contributed by atoms with E-state index in [4.69, 9.17) is 0 Å². The number of hydrogen-bond acceptors (Lipinski definition) is 3. The van der Waals surface area contributed by atoms with Crippen LogP contribution in [0.2, 0.25) is 0 Å². The molecular formula is C8H6FINO3S-. The van der Waals surface area contributed by atoms with Gasteiger partial charge in [0.25, 0.3) is 10.0 Å². The van der Waals surface area contributed by atoms with Gasteiger partial charge in [-0.1, -0.05) is 0 Å². The first-order chi connectivity index (χ1) is 6.95. The number of rotatable bonds is 3. The van der Waals surface area contributed by atoms with Crippen LogP contribution in [0.3, 0.4) is 0 Å². The Morgan fingerprint density at radius 2 is 1.93 bits per heavy atom. The maximum atomic E-state index is 11.8. The van der Waals surface area contributed by atoms with Crippen molar-refractivity contribution in [3.8, 4) is 0 Å². The SMILES string of the molecule is O=S(=O)(/N=C(\[O-])CF)c1ccc(I)cc1. The zero-order valence-corrected chi connectivity index (χ0v) is 10.3. The summed E-state index contributed by atoms with van der Waals surface area (Å²) in [5, 5.41) is 10.5. The van der Waals surface area contributed by atoms with Crippen LogP contribution in [0.5, 0.6) is 0 Å². The van der Waals surface area contributed by atoms with Crippen LogP contribution in [0.15, 0.2) is 33.6 Å². The molecule has 1 aromatic carbocycles. The maximum Gasteiger partial charge on any atom is 0.281 e. The standard InChI is InChI=1S/C8H7FINO3S/c9-5-8(12)11-15(13,14)7-3-1-6(10)2-4-7/h1-4H,5H2,(H,11,12)/p-1. The summed E-state index contributed by atoms with van der Waals surface area (Å²) in [4.78, 5) is -0.121. The van der Waals surface area contributed by atoms with Gasteiger partial charge >= 0.3 is 0 Å². The highest BCUT2D eigenvalue weighted by Crippen LogP contribution is 2.14. The third-order valence-corrected chi connectivity index (χ3v) is 3.48. The highest BCUT2D eigenvalue weighted by Gasteiger charge is 2.11. The average Bonchev–Trinajstić information content (AvgIpc) is 2.17. The summed E-state index contributed by atoms with van der Waals surface area (Å²) in [6.45, 7) is -1.41. The van der Waals surface area contributed by atoms with Crippen LogP contribution in [0, 0.1) is 3.57 Å². The molecule has 0 fully saturated rings. The van der Waals surface area contributed by atoms with E-state index >= 15 is 0 Å². The molecule has 0 aromatic heterocycles. The topological polar surface area (TPSA) is 69.6 Å². The lowest BCUT2D eigenvalue weighted by molar-refractivity contribution is -0.218. The number of nitrogens with zero attached hydrogens (tertiary/aromatic N) is 1. The molecule has 0 atom stereocenters. The molecule has 0 saturated heterocycles. The van der Waals surface area contributed by atoms with Crippen LogP contribution in [0.25, 0.3) is 0 Å². The minimum Gasteiger partial charge on any atom is -0.859 e. The second-order valence-corrected chi connectivity index (χ2v) is 5.40. The van der Waals surface area contributed by atoms with Crippen molar-refractivity contribution in [2.24, 2.45) is 4.40 Å². The van der Waals surface area contributed by atoms with Crippen molar-refractivity contribution in [2.75, 3.05) is 6.67 Å². The lowest BCUT2D eigenvalue weighted by atomic mass is 10.4. The first-order valence-electron chi connectivity index (χ1n) is 3.78. The summed E-state index contributed by atoms with van der Waals surface area (Å²) in [6.07, 6.45) is 0. The normalized spacial score (nSPS) is 12.8. The number of benzene rings is 1. The average molecular weight is 342 g/mol. The van der Waals surface area contributed by atoms with E-state index in [1.165, 1.54) is 12.1 Å². The number of sulfonamides is 1. The van der Waals surface area contributed by atoms with Gasteiger partial charge in [0, 0.05) is 9.47 Å². The molecule has 0 N–H and O–H groups in total. The van der Waals surface area contributed by atoms with E-state index in [1.807, 2.05) is 22.6 Å². The van der Waals surface area contributed by atoms with Gasteiger partial charge in [-0.2, -0.15) is 12.8 Å². The van der Waals surface area contributed by atoms with Crippen LogP contribution in [0.4, 0.5) is 4.39 Å². The van der Waals surface area contributed by atoms with E-state index in [0.29, 0.717) is 0 Å². The Labute approximate surface area is 100 Å². The molecule has 0 unspecified atom stereocenters. The first-order valence-corrected chi connectivity index (χ1v) is 6.30. The van der Waals surface area contributed by atoms with Gasteiger partial charge in [0.15, 0.2) is 0 Å². The summed E-state index contributed by atoms with van der Waals surface area (Å²) < 4.78 is 38.1. The van der Waals surface area contributed by atoms with Gasteiger partial charge in [0.2, 0.25) is 0 Å². The van der Waals surface area contributed by atoms with Gasteiger partial charge in [-0.3, -0.25) is 0 Å². The van der Waals surface area contributed by atoms with Crippen molar-refractivity contribution in [2.45, 2.75) is 4.90 Å². The van der Waals surface area contributed by atoms with Crippen molar-refractivity contribution < 1.29 is 17.9 Å². The molecule has 0 heterocycles. The molecule has 1 rings (SSSR count). The largest absolute Gasteiger partial charge is 0.859 e. The van der Waals surface area contributed by atoms with E-state index in [9.17, 15) is 17.9 Å². The molecule has 0 amide bonds. The van der Waals surface area contributed by atoms with Crippen LogP contribution >= 0.6 is 22.6 Å². The smallest absolute Gasteiger partial charge is 0.281 e. The summed E-state index contributed by atoms with van der Waals surface area (Å²) in [6, 6.07) is 5.74. The third-order valence-electron chi connectivity index (χ3n) is 1.45. The molecule has 1 aromatic rings. The van der Waals surface area contributed by atoms with Gasteiger partial charge in [-0.25, -0.2) is 4.39 Å². The number of hydrogen-bond donors (Lipinski definition) is 0. The Morgan fingerprint density at radius 3 is 2.40 bits per heavy atom. The number of halogens is 2. The van der Waals surface area contributed by atoms with Crippen molar-refractivity contribution in [1.29, 1.82) is 0 Å². The summed E-state index contributed by atoms with van der Waals surface area (Å²) in [5.74, 6) is -1.30. The zero-order chi connectivity index (χ0) is 11.5. The Hall–Kier alpha value is -0.700. The maximum absolute atomic E-state index is 11.8. The molecule has 15 heavy (non-hydrogen) atoms. The van der Waals surface area contributed by atoms with Crippen molar-refractivity contribution in [3.05, 3.63) is 27.8 Å². The van der Waals surface area contributed by atoms with E-state index < -0.39 is 22.6 Å². The van der Waals surface area contributed by atoms with Gasteiger partial charge in [-0.15, -0.1) is 0 Å². The van der Waals surface area contributed by atoms with Gasteiger partial charge < -0.3 is 5.11 Å². The first kappa shape index (κ1) is 12.4. The monoisotopic (exact) mass is 342 g/mol. The van der Waals surface area contributed by atoms with Gasteiger partial charge in [-0.05, 0) is 46.9 Å². The minimum atomic E-state index is -4.06. The van der Waals surface area contributed by atoms with Crippen LogP contribution < -0.4 is 5.11 Å². The Balaban J connectivity index is 3.13. The molecule has 0 spiro atoms. The fraction of sp³-hybridized carbons (Fsp3) is 0.125. The fourth-order valence-corrected chi connectivity index (χ4v) is 2.08.